The van der Waals surface area contributed by atoms with E-state index in [1.807, 2.05) is 0 Å². The zero-order chi connectivity index (χ0) is 17.7. The molecular weight excluding hydrogens is 344 g/mol. The second kappa shape index (κ2) is 8.77. The normalized spacial score (nSPS) is 25.3. The monoisotopic (exact) mass is 374 g/mol. The number of nitrogens with zero attached hydrogens (tertiary/aromatic N) is 3. The molecule has 3 fully saturated rings. The molecule has 3 rings (SSSR count). The van der Waals surface area contributed by atoms with Gasteiger partial charge in [-0.3, -0.25) is 9.69 Å². The number of carbonyl (C=O) groups is 1. The van der Waals surface area contributed by atoms with Gasteiger partial charge in [-0.05, 0) is 25.7 Å². The van der Waals surface area contributed by atoms with Crippen molar-refractivity contribution >= 4 is 16.1 Å². The Labute approximate surface area is 150 Å². The lowest BCUT2D eigenvalue weighted by Crippen LogP contribution is -2.48. The second-order valence-corrected chi connectivity index (χ2v) is 8.96. The fraction of sp³-hybridized carbons (Fsp3) is 0.938. The fourth-order valence-electron chi connectivity index (χ4n) is 3.74. The maximum absolute atomic E-state index is 12.5. The Morgan fingerprint density at radius 3 is 2.20 bits per heavy atom. The third-order valence-corrected chi connectivity index (χ3v) is 7.41. The van der Waals surface area contributed by atoms with E-state index in [4.69, 9.17) is 4.74 Å². The van der Waals surface area contributed by atoms with Gasteiger partial charge in [-0.2, -0.15) is 17.0 Å². The van der Waals surface area contributed by atoms with Crippen LogP contribution < -0.4 is 5.32 Å². The Morgan fingerprint density at radius 2 is 1.56 bits per heavy atom. The highest BCUT2D eigenvalue weighted by atomic mass is 32.2. The molecule has 0 radical (unpaired) electrons. The van der Waals surface area contributed by atoms with Crippen LogP contribution in [0.5, 0.6) is 0 Å². The lowest BCUT2D eigenvalue weighted by Gasteiger charge is -2.33. The fourth-order valence-corrected chi connectivity index (χ4v) is 5.46. The van der Waals surface area contributed by atoms with Crippen molar-refractivity contribution < 1.29 is 17.9 Å². The summed E-state index contributed by atoms with van der Waals surface area (Å²) in [7, 11) is -3.33. The first-order valence-corrected chi connectivity index (χ1v) is 10.8. The molecule has 0 aliphatic carbocycles. The van der Waals surface area contributed by atoms with E-state index in [2.05, 4.69) is 10.2 Å². The molecule has 0 spiro atoms. The number of amides is 1. The Morgan fingerprint density at radius 1 is 0.960 bits per heavy atom. The topological polar surface area (TPSA) is 82.2 Å². The molecule has 8 nitrogen and oxygen atoms in total. The van der Waals surface area contributed by atoms with Crippen molar-refractivity contribution in [2.24, 2.45) is 5.92 Å². The summed E-state index contributed by atoms with van der Waals surface area (Å²) in [6.07, 6.45) is 3.11. The van der Waals surface area contributed by atoms with Gasteiger partial charge in [0.15, 0.2) is 0 Å². The summed E-state index contributed by atoms with van der Waals surface area (Å²) in [6.45, 7) is 7.00. The lowest BCUT2D eigenvalue weighted by atomic mass is 9.97. The first-order chi connectivity index (χ1) is 12.1. The molecule has 9 heteroatoms. The zero-order valence-electron chi connectivity index (χ0n) is 14.9. The van der Waals surface area contributed by atoms with E-state index >= 15 is 0 Å². The number of piperidine rings is 1. The quantitative estimate of drug-likeness (QED) is 0.677. The number of nitrogens with one attached hydrogen (secondary N) is 1. The molecule has 1 N–H and O–H groups in total. The van der Waals surface area contributed by atoms with Crippen LogP contribution in [0.25, 0.3) is 0 Å². The minimum Gasteiger partial charge on any atom is -0.379 e. The van der Waals surface area contributed by atoms with Gasteiger partial charge in [0.1, 0.15) is 0 Å². The van der Waals surface area contributed by atoms with E-state index in [0.717, 1.165) is 45.7 Å². The number of carbonyl (C=O) groups excluding carboxylic acids is 1. The molecule has 3 aliphatic heterocycles. The summed E-state index contributed by atoms with van der Waals surface area (Å²) in [5, 5.41) is 3.01. The average molecular weight is 375 g/mol. The van der Waals surface area contributed by atoms with Crippen LogP contribution in [0.2, 0.25) is 0 Å². The minimum absolute atomic E-state index is 0.0616. The van der Waals surface area contributed by atoms with Crippen LogP contribution in [0, 0.1) is 5.92 Å². The van der Waals surface area contributed by atoms with Gasteiger partial charge in [-0.25, -0.2) is 0 Å². The molecule has 0 saturated carbocycles. The second-order valence-electron chi connectivity index (χ2n) is 7.03. The molecule has 0 unspecified atom stereocenters. The molecule has 3 saturated heterocycles. The van der Waals surface area contributed by atoms with Gasteiger partial charge >= 0.3 is 0 Å². The third-order valence-electron chi connectivity index (χ3n) is 5.37. The number of morpholine rings is 1. The van der Waals surface area contributed by atoms with Crippen molar-refractivity contribution in [1.82, 2.24) is 18.8 Å². The molecule has 0 aromatic heterocycles. The maximum Gasteiger partial charge on any atom is 0.281 e. The molecule has 1 amide bonds. The summed E-state index contributed by atoms with van der Waals surface area (Å²) < 4.78 is 33.5. The number of ether oxygens (including phenoxy) is 1. The molecule has 0 aromatic rings. The van der Waals surface area contributed by atoms with Gasteiger partial charge in [0.2, 0.25) is 5.91 Å². The number of rotatable bonds is 6. The number of hydrogen-bond donors (Lipinski definition) is 1. The van der Waals surface area contributed by atoms with Gasteiger partial charge in [0, 0.05) is 58.3 Å². The Kier molecular flexibility index (Phi) is 6.67. The van der Waals surface area contributed by atoms with Gasteiger partial charge in [0.05, 0.1) is 13.2 Å². The molecule has 0 bridgehead atoms. The zero-order valence-corrected chi connectivity index (χ0v) is 15.7. The van der Waals surface area contributed by atoms with Crippen LogP contribution >= 0.6 is 0 Å². The summed E-state index contributed by atoms with van der Waals surface area (Å²) in [5.41, 5.74) is 0. The molecule has 0 atom stereocenters. The summed E-state index contributed by atoms with van der Waals surface area (Å²) >= 11 is 0. The smallest absolute Gasteiger partial charge is 0.281 e. The van der Waals surface area contributed by atoms with Crippen molar-refractivity contribution in [3.8, 4) is 0 Å². The third kappa shape index (κ3) is 4.91. The molecule has 3 heterocycles. The summed E-state index contributed by atoms with van der Waals surface area (Å²) in [6, 6.07) is 0. The highest BCUT2D eigenvalue weighted by Gasteiger charge is 2.35. The largest absolute Gasteiger partial charge is 0.379 e. The van der Waals surface area contributed by atoms with E-state index in [1.165, 1.54) is 0 Å². The van der Waals surface area contributed by atoms with Crippen LogP contribution in [-0.4, -0.2) is 93.4 Å². The minimum atomic E-state index is -3.33. The van der Waals surface area contributed by atoms with Gasteiger partial charge < -0.3 is 10.1 Å². The van der Waals surface area contributed by atoms with E-state index in [-0.39, 0.29) is 11.8 Å². The van der Waals surface area contributed by atoms with Crippen LogP contribution in [0.15, 0.2) is 0 Å². The molecule has 144 valence electrons. The van der Waals surface area contributed by atoms with Gasteiger partial charge in [0.25, 0.3) is 10.2 Å². The van der Waals surface area contributed by atoms with Crippen molar-refractivity contribution in [1.29, 1.82) is 0 Å². The Balaban J connectivity index is 1.38. The van der Waals surface area contributed by atoms with Gasteiger partial charge in [-0.1, -0.05) is 0 Å². The van der Waals surface area contributed by atoms with E-state index < -0.39 is 10.2 Å². The van der Waals surface area contributed by atoms with Crippen molar-refractivity contribution in [3.05, 3.63) is 0 Å². The molecular formula is C16H30N4O4S. The average Bonchev–Trinajstić information content (AvgIpc) is 3.18. The summed E-state index contributed by atoms with van der Waals surface area (Å²) in [5.74, 6) is -0.0128. The molecule has 0 aromatic carbocycles. The van der Waals surface area contributed by atoms with E-state index in [9.17, 15) is 13.2 Å². The van der Waals surface area contributed by atoms with Crippen molar-refractivity contribution in [2.45, 2.75) is 25.7 Å². The molecule has 3 aliphatic rings. The lowest BCUT2D eigenvalue weighted by molar-refractivity contribution is -0.126. The predicted octanol–water partition coefficient (Wildman–Crippen LogP) is -0.513. The van der Waals surface area contributed by atoms with Crippen molar-refractivity contribution in [2.75, 3.05) is 65.6 Å². The SMILES string of the molecule is O=C(NCCN1CCOCC1)C1CCN(S(=O)(=O)N2CCCC2)CC1. The standard InChI is InChI=1S/C16H30N4O4S/c21-16(17-5-10-18-11-13-24-14-12-18)15-3-8-20(9-4-15)25(22,23)19-6-1-2-7-19/h15H,1-14H2,(H,17,21). The highest BCUT2D eigenvalue weighted by molar-refractivity contribution is 7.86. The number of hydrogen-bond acceptors (Lipinski definition) is 5. The summed E-state index contributed by atoms with van der Waals surface area (Å²) in [4.78, 5) is 14.6. The van der Waals surface area contributed by atoms with E-state index in [1.54, 1.807) is 8.61 Å². The van der Waals surface area contributed by atoms with Crippen LogP contribution in [-0.2, 0) is 19.7 Å². The van der Waals surface area contributed by atoms with Crippen LogP contribution in [0.1, 0.15) is 25.7 Å². The van der Waals surface area contributed by atoms with E-state index in [0.29, 0.717) is 45.6 Å². The van der Waals surface area contributed by atoms with Crippen LogP contribution in [0.4, 0.5) is 0 Å². The van der Waals surface area contributed by atoms with Crippen LogP contribution in [0.3, 0.4) is 0 Å². The predicted molar refractivity (Wildman–Crippen MR) is 94.3 cm³/mol. The first kappa shape index (κ1) is 19.0. The molecule has 25 heavy (non-hydrogen) atoms. The Hall–Kier alpha value is -0.740. The van der Waals surface area contributed by atoms with Crippen molar-refractivity contribution in [3.63, 3.8) is 0 Å². The first-order valence-electron chi connectivity index (χ1n) is 9.40. The Bertz CT molecular complexity index is 536. The maximum atomic E-state index is 12.5. The van der Waals surface area contributed by atoms with Gasteiger partial charge in [-0.15, -0.1) is 0 Å². The highest BCUT2D eigenvalue weighted by Crippen LogP contribution is 2.23.